The van der Waals surface area contributed by atoms with Gasteiger partial charge in [0.1, 0.15) is 5.52 Å². The van der Waals surface area contributed by atoms with E-state index in [9.17, 15) is 0 Å². The first-order valence-corrected chi connectivity index (χ1v) is 9.78. The Labute approximate surface area is 169 Å². The third kappa shape index (κ3) is 4.18. The standard InChI is InChI=1S/C21H24ClN3O3/c1-26-18-6-3-14(11-20(18)27-2)13-25-9-7-16(8-10-25)23-21-24-17-5-4-15(22)12-19(17)28-21/h3-6,11-12,16H,7-10,13H2,1-2H3,(H,23,24). The van der Waals surface area contributed by atoms with Crippen LogP contribution < -0.4 is 14.8 Å². The zero-order valence-electron chi connectivity index (χ0n) is 16.1. The zero-order chi connectivity index (χ0) is 19.5. The second-order valence-corrected chi connectivity index (χ2v) is 7.45. The Bertz CT molecular complexity index is 951. The van der Waals surface area contributed by atoms with Crippen LogP contribution in [0.4, 0.5) is 6.01 Å². The predicted molar refractivity (Wildman–Crippen MR) is 110 cm³/mol. The van der Waals surface area contributed by atoms with Gasteiger partial charge in [-0.2, -0.15) is 4.98 Å². The van der Waals surface area contributed by atoms with Crippen LogP contribution in [0.3, 0.4) is 0 Å². The van der Waals surface area contributed by atoms with Gasteiger partial charge in [0.2, 0.25) is 0 Å². The van der Waals surface area contributed by atoms with Crippen LogP contribution in [0, 0.1) is 0 Å². The summed E-state index contributed by atoms with van der Waals surface area (Å²) in [6, 6.07) is 12.5. The van der Waals surface area contributed by atoms with E-state index >= 15 is 0 Å². The molecule has 0 bridgehead atoms. The lowest BCUT2D eigenvalue weighted by Gasteiger charge is -2.32. The highest BCUT2D eigenvalue weighted by atomic mass is 35.5. The van der Waals surface area contributed by atoms with Gasteiger partial charge >= 0.3 is 0 Å². The number of fused-ring (bicyclic) bond motifs is 1. The molecular formula is C21H24ClN3O3. The lowest BCUT2D eigenvalue weighted by molar-refractivity contribution is 0.210. The molecular weight excluding hydrogens is 378 g/mol. The average molecular weight is 402 g/mol. The summed E-state index contributed by atoms with van der Waals surface area (Å²) in [4.78, 5) is 6.94. The van der Waals surface area contributed by atoms with Crippen molar-refractivity contribution in [3.63, 3.8) is 0 Å². The fourth-order valence-corrected chi connectivity index (χ4v) is 3.77. The number of oxazole rings is 1. The van der Waals surface area contributed by atoms with Crippen LogP contribution in [0.2, 0.25) is 5.02 Å². The van der Waals surface area contributed by atoms with Crippen molar-refractivity contribution in [2.45, 2.75) is 25.4 Å². The number of hydrogen-bond donors (Lipinski definition) is 1. The van der Waals surface area contributed by atoms with Crippen molar-refractivity contribution in [3.05, 3.63) is 47.0 Å². The predicted octanol–water partition coefficient (Wildman–Crippen LogP) is 4.57. The summed E-state index contributed by atoms with van der Waals surface area (Å²) in [5.41, 5.74) is 2.75. The first-order chi connectivity index (χ1) is 13.6. The molecule has 2 aromatic carbocycles. The second-order valence-electron chi connectivity index (χ2n) is 7.02. The lowest BCUT2D eigenvalue weighted by Crippen LogP contribution is -2.38. The number of piperidine rings is 1. The summed E-state index contributed by atoms with van der Waals surface area (Å²) in [5.74, 6) is 1.53. The summed E-state index contributed by atoms with van der Waals surface area (Å²) >= 11 is 6.01. The average Bonchev–Trinajstić information content (AvgIpc) is 3.10. The van der Waals surface area contributed by atoms with Crippen LogP contribution in [0.25, 0.3) is 11.1 Å². The van der Waals surface area contributed by atoms with Crippen molar-refractivity contribution < 1.29 is 13.9 Å². The molecule has 2 heterocycles. The van der Waals surface area contributed by atoms with Gasteiger partial charge in [0.05, 0.1) is 14.2 Å². The van der Waals surface area contributed by atoms with Crippen LogP contribution in [-0.4, -0.2) is 43.2 Å². The maximum absolute atomic E-state index is 6.01. The van der Waals surface area contributed by atoms with E-state index in [-0.39, 0.29) is 0 Å². The highest BCUT2D eigenvalue weighted by Crippen LogP contribution is 2.29. The molecule has 28 heavy (non-hydrogen) atoms. The molecule has 0 radical (unpaired) electrons. The molecule has 6 nitrogen and oxygen atoms in total. The van der Waals surface area contributed by atoms with E-state index in [1.54, 1.807) is 20.3 Å². The molecule has 1 N–H and O–H groups in total. The maximum Gasteiger partial charge on any atom is 0.295 e. The molecule has 1 saturated heterocycles. The highest BCUT2D eigenvalue weighted by molar-refractivity contribution is 6.31. The first-order valence-electron chi connectivity index (χ1n) is 9.40. The van der Waals surface area contributed by atoms with Gasteiger partial charge < -0.3 is 19.2 Å². The van der Waals surface area contributed by atoms with E-state index in [4.69, 9.17) is 25.5 Å². The normalized spacial score (nSPS) is 15.7. The number of halogens is 1. The minimum absolute atomic E-state index is 0.352. The van der Waals surface area contributed by atoms with Crippen LogP contribution in [0.5, 0.6) is 11.5 Å². The molecule has 148 valence electrons. The minimum Gasteiger partial charge on any atom is -0.493 e. The molecule has 0 unspecified atom stereocenters. The molecule has 1 aromatic heterocycles. The van der Waals surface area contributed by atoms with Gasteiger partial charge in [-0.25, -0.2) is 0 Å². The van der Waals surface area contributed by atoms with Crippen molar-refractivity contribution in [3.8, 4) is 11.5 Å². The fraction of sp³-hybridized carbons (Fsp3) is 0.381. The summed E-state index contributed by atoms with van der Waals surface area (Å²) in [5, 5.41) is 4.07. The molecule has 0 spiro atoms. The van der Waals surface area contributed by atoms with Crippen molar-refractivity contribution in [1.82, 2.24) is 9.88 Å². The Balaban J connectivity index is 1.33. The van der Waals surface area contributed by atoms with Crippen LogP contribution in [-0.2, 0) is 6.54 Å². The van der Waals surface area contributed by atoms with Crippen LogP contribution >= 0.6 is 11.6 Å². The number of benzene rings is 2. The van der Waals surface area contributed by atoms with E-state index in [1.165, 1.54) is 5.56 Å². The number of anilines is 1. The molecule has 1 aliphatic heterocycles. The first kappa shape index (κ1) is 18.9. The number of rotatable bonds is 6. The number of methoxy groups -OCH3 is 2. The number of hydrogen-bond acceptors (Lipinski definition) is 6. The minimum atomic E-state index is 0.352. The van der Waals surface area contributed by atoms with Gasteiger partial charge in [0.25, 0.3) is 6.01 Å². The molecule has 1 aliphatic rings. The zero-order valence-corrected chi connectivity index (χ0v) is 16.8. The van der Waals surface area contributed by atoms with E-state index in [1.807, 2.05) is 24.3 Å². The Morgan fingerprint density at radius 3 is 2.64 bits per heavy atom. The quantitative estimate of drug-likeness (QED) is 0.652. The number of nitrogens with one attached hydrogen (secondary N) is 1. The molecule has 4 rings (SSSR count). The van der Waals surface area contributed by atoms with Gasteiger partial charge in [0.15, 0.2) is 17.1 Å². The molecule has 0 aliphatic carbocycles. The van der Waals surface area contributed by atoms with Crippen LogP contribution in [0.15, 0.2) is 40.8 Å². The fourth-order valence-electron chi connectivity index (χ4n) is 3.61. The monoisotopic (exact) mass is 401 g/mol. The number of likely N-dealkylation sites (tertiary alicyclic amines) is 1. The van der Waals surface area contributed by atoms with Crippen molar-refractivity contribution >= 4 is 28.7 Å². The van der Waals surface area contributed by atoms with E-state index < -0.39 is 0 Å². The lowest BCUT2D eigenvalue weighted by atomic mass is 10.0. The molecule has 7 heteroatoms. The summed E-state index contributed by atoms with van der Waals surface area (Å²) in [6.45, 7) is 2.92. The van der Waals surface area contributed by atoms with Crippen molar-refractivity contribution in [2.24, 2.45) is 0 Å². The summed E-state index contributed by atoms with van der Waals surface area (Å²) < 4.78 is 16.5. The Kier molecular flexibility index (Phi) is 5.59. The topological polar surface area (TPSA) is 59.8 Å². The number of ether oxygens (including phenoxy) is 2. The van der Waals surface area contributed by atoms with Gasteiger partial charge in [-0.15, -0.1) is 0 Å². The Hall–Kier alpha value is -2.44. The van der Waals surface area contributed by atoms with Crippen molar-refractivity contribution in [2.75, 3.05) is 32.6 Å². The molecule has 0 amide bonds. The van der Waals surface area contributed by atoms with Crippen LogP contribution in [0.1, 0.15) is 18.4 Å². The summed E-state index contributed by atoms with van der Waals surface area (Å²) in [6.07, 6.45) is 2.07. The number of nitrogens with zero attached hydrogens (tertiary/aromatic N) is 2. The third-order valence-electron chi connectivity index (χ3n) is 5.12. The Morgan fingerprint density at radius 2 is 1.89 bits per heavy atom. The molecule has 0 saturated carbocycles. The SMILES string of the molecule is COc1ccc(CN2CCC(Nc3nc4ccc(Cl)cc4o3)CC2)cc1OC. The van der Waals surface area contributed by atoms with E-state index in [2.05, 4.69) is 21.3 Å². The second kappa shape index (κ2) is 8.29. The molecule has 3 aromatic rings. The van der Waals surface area contributed by atoms with Crippen molar-refractivity contribution in [1.29, 1.82) is 0 Å². The van der Waals surface area contributed by atoms with E-state index in [0.29, 0.717) is 22.7 Å². The maximum atomic E-state index is 6.01. The highest BCUT2D eigenvalue weighted by Gasteiger charge is 2.21. The van der Waals surface area contributed by atoms with Gasteiger partial charge in [-0.1, -0.05) is 17.7 Å². The number of aromatic nitrogens is 1. The third-order valence-corrected chi connectivity index (χ3v) is 5.35. The van der Waals surface area contributed by atoms with Gasteiger partial charge in [-0.05, 0) is 42.7 Å². The smallest absolute Gasteiger partial charge is 0.295 e. The Morgan fingerprint density at radius 1 is 1.11 bits per heavy atom. The van der Waals surface area contributed by atoms with E-state index in [0.717, 1.165) is 49.5 Å². The van der Waals surface area contributed by atoms with Gasteiger partial charge in [-0.3, -0.25) is 4.90 Å². The van der Waals surface area contributed by atoms with Gasteiger partial charge in [0, 0.05) is 36.8 Å². The summed E-state index contributed by atoms with van der Waals surface area (Å²) in [7, 11) is 3.32. The largest absolute Gasteiger partial charge is 0.493 e. The molecule has 0 atom stereocenters. The molecule has 1 fully saturated rings.